The van der Waals surface area contributed by atoms with Crippen molar-refractivity contribution in [2.75, 3.05) is 50.8 Å². The van der Waals surface area contributed by atoms with Gasteiger partial charge in [0.15, 0.2) is 0 Å². The van der Waals surface area contributed by atoms with Gasteiger partial charge in [-0.3, -0.25) is 14.3 Å². The summed E-state index contributed by atoms with van der Waals surface area (Å²) < 4.78 is 6.91. The maximum Gasteiger partial charge on any atom is 0.354 e. The molecule has 12 heteroatoms. The Kier molecular flexibility index (Phi) is 9.15. The molecule has 1 aromatic heterocycles. The molecule has 2 aromatic rings. The minimum absolute atomic E-state index is 0.250. The third-order valence-corrected chi connectivity index (χ3v) is 8.17. The average molecular weight is 567 g/mol. The van der Waals surface area contributed by atoms with E-state index in [0.29, 0.717) is 29.9 Å². The number of likely N-dealkylation sites (tertiary alicyclic amines) is 1. The second-order valence-electron chi connectivity index (χ2n) is 11.3. The van der Waals surface area contributed by atoms with E-state index in [1.165, 1.54) is 4.57 Å². The molecule has 222 valence electrons. The smallest absolute Gasteiger partial charge is 0.354 e. The number of benzene rings is 1. The first-order chi connectivity index (χ1) is 19.5. The van der Waals surface area contributed by atoms with Crippen LogP contribution >= 0.6 is 0 Å². The molecule has 3 unspecified atom stereocenters. The lowest BCUT2D eigenvalue weighted by Gasteiger charge is -2.41. The van der Waals surface area contributed by atoms with E-state index in [1.807, 2.05) is 51.1 Å². The van der Waals surface area contributed by atoms with Crippen molar-refractivity contribution in [1.82, 2.24) is 19.4 Å². The van der Waals surface area contributed by atoms with Gasteiger partial charge in [-0.25, -0.2) is 9.59 Å². The Bertz CT molecular complexity index is 1290. The predicted molar refractivity (Wildman–Crippen MR) is 157 cm³/mol. The number of ether oxygens (including phenoxy) is 1. The minimum atomic E-state index is -0.471. The average Bonchev–Trinajstić information content (AvgIpc) is 3.31. The van der Waals surface area contributed by atoms with Crippen LogP contribution in [0, 0.1) is 11.8 Å². The van der Waals surface area contributed by atoms with Crippen LogP contribution in [0.15, 0.2) is 53.6 Å². The van der Waals surface area contributed by atoms with Gasteiger partial charge in [-0.05, 0) is 56.4 Å². The van der Waals surface area contributed by atoms with E-state index in [0.717, 1.165) is 50.5 Å². The summed E-state index contributed by atoms with van der Waals surface area (Å²) in [6.07, 6.45) is 2.01. The number of primary amides is 1. The first-order valence-corrected chi connectivity index (χ1v) is 14.0. The number of piperazine rings is 1. The Morgan fingerprint density at radius 2 is 1.73 bits per heavy atom. The van der Waals surface area contributed by atoms with Crippen molar-refractivity contribution in [2.24, 2.45) is 29.0 Å². The highest BCUT2D eigenvalue weighted by Crippen LogP contribution is 2.46. The summed E-state index contributed by atoms with van der Waals surface area (Å²) in [5, 5.41) is 0. The van der Waals surface area contributed by atoms with E-state index in [9.17, 15) is 9.59 Å². The number of rotatable bonds is 8. The van der Waals surface area contributed by atoms with Crippen LogP contribution < -0.4 is 27.8 Å². The predicted octanol–water partition coefficient (Wildman–Crippen LogP) is 0.200. The standard InChI is InChI=1S/C28H39N7O3.CH3NO/c1-5-38-26(36)25(34-16-21-22(17-34)24(21)29)19-6-8-20(9-7-19)35-11-10-23(31-27(35)37)33-14-12-32(13-15-33)18(2)28(3,4)30;2-1-3/h6-11,21-22,24-25H,2,5,12-17,29-30H2,1,3-4H3;1H,(H2,2,3). The van der Waals surface area contributed by atoms with Gasteiger partial charge in [-0.2, -0.15) is 4.98 Å². The Labute approximate surface area is 240 Å². The Morgan fingerprint density at radius 3 is 2.24 bits per heavy atom. The summed E-state index contributed by atoms with van der Waals surface area (Å²) in [6.45, 7) is 14.8. The molecule has 1 saturated carbocycles. The zero-order valence-corrected chi connectivity index (χ0v) is 24.1. The van der Waals surface area contributed by atoms with Crippen LogP contribution in [0.5, 0.6) is 0 Å². The molecule has 3 atom stereocenters. The molecule has 0 spiro atoms. The topological polar surface area (TPSA) is 166 Å². The van der Waals surface area contributed by atoms with Crippen molar-refractivity contribution in [2.45, 2.75) is 38.4 Å². The fourth-order valence-corrected chi connectivity index (χ4v) is 5.73. The van der Waals surface area contributed by atoms with Gasteiger partial charge in [-0.15, -0.1) is 0 Å². The molecule has 0 radical (unpaired) electrons. The van der Waals surface area contributed by atoms with E-state index in [-0.39, 0.29) is 24.1 Å². The van der Waals surface area contributed by atoms with E-state index < -0.39 is 11.6 Å². The van der Waals surface area contributed by atoms with Gasteiger partial charge < -0.3 is 31.7 Å². The lowest BCUT2D eigenvalue weighted by molar-refractivity contribution is -0.149. The second-order valence-corrected chi connectivity index (χ2v) is 11.3. The molecule has 5 rings (SSSR count). The van der Waals surface area contributed by atoms with Gasteiger partial charge in [-0.1, -0.05) is 18.7 Å². The molecule has 3 aliphatic rings. The van der Waals surface area contributed by atoms with Crippen molar-refractivity contribution in [3.63, 3.8) is 0 Å². The zero-order valence-electron chi connectivity index (χ0n) is 24.1. The maximum absolute atomic E-state index is 13.0. The Hall–Kier alpha value is -3.74. The summed E-state index contributed by atoms with van der Waals surface area (Å²) in [4.78, 5) is 45.2. The van der Waals surface area contributed by atoms with E-state index in [2.05, 4.69) is 32.0 Å². The number of nitrogens with zero attached hydrogens (tertiary/aromatic N) is 5. The summed E-state index contributed by atoms with van der Waals surface area (Å²) in [5.41, 5.74) is 18.1. The van der Waals surface area contributed by atoms with Crippen LogP contribution in [0.3, 0.4) is 0 Å². The highest BCUT2D eigenvalue weighted by atomic mass is 16.5. The summed E-state index contributed by atoms with van der Waals surface area (Å²) in [7, 11) is 0. The van der Waals surface area contributed by atoms with Gasteiger partial charge in [0.25, 0.3) is 0 Å². The first-order valence-electron chi connectivity index (χ1n) is 14.0. The third-order valence-electron chi connectivity index (χ3n) is 8.17. The number of carbonyl (C=O) groups is 2. The number of carbonyl (C=O) groups excluding carboxylic acids is 2. The summed E-state index contributed by atoms with van der Waals surface area (Å²) in [6, 6.07) is 9.14. The highest BCUT2D eigenvalue weighted by molar-refractivity contribution is 5.78. The number of nitrogens with two attached hydrogens (primary N) is 3. The van der Waals surface area contributed by atoms with Gasteiger partial charge in [0, 0.05) is 62.7 Å². The van der Waals surface area contributed by atoms with Gasteiger partial charge in [0.2, 0.25) is 6.41 Å². The zero-order chi connectivity index (χ0) is 29.9. The first kappa shape index (κ1) is 30.2. The van der Waals surface area contributed by atoms with Gasteiger partial charge >= 0.3 is 11.7 Å². The molecule has 6 N–H and O–H groups in total. The third kappa shape index (κ3) is 6.61. The van der Waals surface area contributed by atoms with Gasteiger partial charge in [0.05, 0.1) is 12.3 Å². The fraction of sp³-hybridized carbons (Fsp3) is 0.517. The van der Waals surface area contributed by atoms with Gasteiger partial charge in [0.1, 0.15) is 11.9 Å². The SMILES string of the molecule is C=C(N1CCN(c2ccn(-c3ccc(C(C(=O)OCC)N4CC5C(N)C5C4)cc3)c(=O)n2)CC1)C(C)(C)N.NC=O. The molecule has 41 heavy (non-hydrogen) atoms. The maximum atomic E-state index is 13.0. The van der Waals surface area contributed by atoms with Crippen LogP contribution in [0.25, 0.3) is 5.69 Å². The normalized spacial score (nSPS) is 22.7. The van der Waals surface area contributed by atoms with E-state index in [1.54, 1.807) is 6.20 Å². The molecule has 1 aromatic carbocycles. The quantitative estimate of drug-likeness (QED) is 0.297. The molecule has 2 saturated heterocycles. The molecule has 3 heterocycles. The molecule has 3 fully saturated rings. The molecule has 0 bridgehead atoms. The van der Waals surface area contributed by atoms with E-state index >= 15 is 0 Å². The second kappa shape index (κ2) is 12.4. The number of piperidine rings is 1. The number of hydrogen-bond donors (Lipinski definition) is 3. The molecule has 1 aliphatic carbocycles. The van der Waals surface area contributed by atoms with Crippen molar-refractivity contribution < 1.29 is 14.3 Å². The van der Waals surface area contributed by atoms with Crippen LogP contribution in [-0.4, -0.2) is 89.2 Å². The lowest BCUT2D eigenvalue weighted by atomic mass is 10.0. The summed E-state index contributed by atoms with van der Waals surface area (Å²) >= 11 is 0. The molecule has 12 nitrogen and oxygen atoms in total. The largest absolute Gasteiger partial charge is 0.465 e. The number of fused-ring (bicyclic) bond motifs is 1. The minimum Gasteiger partial charge on any atom is -0.465 e. The summed E-state index contributed by atoms with van der Waals surface area (Å²) in [5.74, 6) is 1.33. The molecule has 1 amide bonds. The lowest BCUT2D eigenvalue weighted by Crippen LogP contribution is -2.51. The van der Waals surface area contributed by atoms with Crippen molar-refractivity contribution in [3.8, 4) is 5.69 Å². The van der Waals surface area contributed by atoms with Crippen LogP contribution in [0.4, 0.5) is 5.82 Å². The van der Waals surface area contributed by atoms with Crippen LogP contribution in [-0.2, 0) is 14.3 Å². The Balaban J connectivity index is 0.00000124. The molecule has 2 aliphatic heterocycles. The number of hydrogen-bond acceptors (Lipinski definition) is 10. The fourth-order valence-electron chi connectivity index (χ4n) is 5.73. The number of aromatic nitrogens is 2. The molecular weight excluding hydrogens is 524 g/mol. The van der Waals surface area contributed by atoms with Crippen LogP contribution in [0.1, 0.15) is 32.4 Å². The highest BCUT2D eigenvalue weighted by Gasteiger charge is 2.55. The van der Waals surface area contributed by atoms with Crippen molar-refractivity contribution in [3.05, 3.63) is 64.9 Å². The van der Waals surface area contributed by atoms with Crippen molar-refractivity contribution >= 4 is 18.2 Å². The van der Waals surface area contributed by atoms with Crippen LogP contribution in [0.2, 0.25) is 0 Å². The number of anilines is 1. The monoisotopic (exact) mass is 566 g/mol. The molecular formula is C29H42N8O4. The van der Waals surface area contributed by atoms with Crippen molar-refractivity contribution in [1.29, 1.82) is 0 Å². The Morgan fingerprint density at radius 1 is 1.15 bits per heavy atom. The number of amides is 1. The van der Waals surface area contributed by atoms with E-state index in [4.69, 9.17) is 21.0 Å². The number of esters is 1.